The van der Waals surface area contributed by atoms with Gasteiger partial charge in [0.25, 0.3) is 5.91 Å². The van der Waals surface area contributed by atoms with Gasteiger partial charge in [-0.3, -0.25) is 14.6 Å². The van der Waals surface area contributed by atoms with Crippen molar-refractivity contribution in [3.63, 3.8) is 0 Å². The molecule has 0 unspecified atom stereocenters. The lowest BCUT2D eigenvalue weighted by atomic mass is 10.2. The molecule has 4 nitrogen and oxygen atoms in total. The number of anilines is 1. The van der Waals surface area contributed by atoms with Crippen molar-refractivity contribution in [1.29, 1.82) is 0 Å². The topological polar surface area (TPSA) is 59.1 Å². The van der Waals surface area contributed by atoms with Gasteiger partial charge in [-0.25, -0.2) is 0 Å². The Morgan fingerprint density at radius 2 is 2.22 bits per heavy atom. The molecule has 1 amide bonds. The first-order chi connectivity index (χ1) is 8.79. The van der Waals surface area contributed by atoms with Crippen LogP contribution >= 0.6 is 11.3 Å². The molecule has 0 aromatic carbocycles. The summed E-state index contributed by atoms with van der Waals surface area (Å²) in [5.41, 5.74) is 0.458. The lowest BCUT2D eigenvalue weighted by Gasteiger charge is -2.00. The first-order valence-corrected chi connectivity index (χ1v) is 6.03. The van der Waals surface area contributed by atoms with Crippen molar-refractivity contribution >= 4 is 34.6 Å². The maximum absolute atomic E-state index is 11.8. The Kier molecular flexibility index (Phi) is 3.98. The van der Waals surface area contributed by atoms with Crippen molar-refractivity contribution in [2.24, 2.45) is 0 Å². The molecule has 0 atom stereocenters. The van der Waals surface area contributed by atoms with Gasteiger partial charge in [0.2, 0.25) is 6.29 Å². The molecule has 5 heteroatoms. The van der Waals surface area contributed by atoms with Crippen LogP contribution in [0.5, 0.6) is 0 Å². The molecular formula is C13H9N2O2S. The zero-order valence-electron chi connectivity index (χ0n) is 9.29. The van der Waals surface area contributed by atoms with Gasteiger partial charge in [-0.2, -0.15) is 0 Å². The standard InChI is InChI=1S/C13H9N2O2S/c16-9-10(8-11-4-1-2-6-14-11)13(17)15-12-5-3-7-18-12/h1-8H,(H,15,17). The average Bonchev–Trinajstić information content (AvgIpc) is 2.90. The van der Waals surface area contributed by atoms with Crippen molar-refractivity contribution in [2.75, 3.05) is 5.32 Å². The third kappa shape index (κ3) is 3.11. The number of nitrogens with zero attached hydrogens (tertiary/aromatic N) is 1. The predicted octanol–water partition coefficient (Wildman–Crippen LogP) is 2.27. The van der Waals surface area contributed by atoms with Crippen molar-refractivity contribution in [2.45, 2.75) is 0 Å². The van der Waals surface area contributed by atoms with Gasteiger partial charge in [0.15, 0.2) is 0 Å². The van der Waals surface area contributed by atoms with E-state index in [9.17, 15) is 9.59 Å². The Labute approximate surface area is 108 Å². The van der Waals surface area contributed by atoms with Crippen LogP contribution in [0.3, 0.4) is 0 Å². The summed E-state index contributed by atoms with van der Waals surface area (Å²) in [5.74, 6) is -0.488. The summed E-state index contributed by atoms with van der Waals surface area (Å²) in [7, 11) is 0. The molecule has 0 bridgehead atoms. The lowest BCUT2D eigenvalue weighted by molar-refractivity contribution is -0.112. The summed E-state index contributed by atoms with van der Waals surface area (Å²) in [6, 6.07) is 8.81. The molecule has 0 aliphatic heterocycles. The fourth-order valence-corrected chi connectivity index (χ4v) is 1.89. The quantitative estimate of drug-likeness (QED) is 0.519. The highest BCUT2D eigenvalue weighted by Gasteiger charge is 2.10. The van der Waals surface area contributed by atoms with Crippen LogP contribution in [0.1, 0.15) is 5.69 Å². The first kappa shape index (κ1) is 12.2. The highest BCUT2D eigenvalue weighted by Crippen LogP contribution is 2.16. The van der Waals surface area contributed by atoms with E-state index in [4.69, 9.17) is 0 Å². The molecule has 18 heavy (non-hydrogen) atoms. The van der Waals surface area contributed by atoms with Gasteiger partial charge in [-0.1, -0.05) is 6.07 Å². The van der Waals surface area contributed by atoms with Crippen LogP contribution in [-0.4, -0.2) is 17.2 Å². The van der Waals surface area contributed by atoms with Crippen molar-refractivity contribution in [1.82, 2.24) is 4.98 Å². The Hall–Kier alpha value is -2.27. The number of rotatable bonds is 4. The number of thiophene rings is 1. The molecule has 0 spiro atoms. The summed E-state index contributed by atoms with van der Waals surface area (Å²) < 4.78 is 0. The second-order valence-electron chi connectivity index (χ2n) is 3.35. The zero-order valence-corrected chi connectivity index (χ0v) is 10.1. The highest BCUT2D eigenvalue weighted by atomic mass is 32.1. The monoisotopic (exact) mass is 257 g/mol. The van der Waals surface area contributed by atoms with Crippen molar-refractivity contribution in [3.8, 4) is 0 Å². The van der Waals surface area contributed by atoms with Crippen LogP contribution in [-0.2, 0) is 9.59 Å². The molecule has 2 rings (SSSR count). The largest absolute Gasteiger partial charge is 0.313 e. The SMILES string of the molecule is O=[C]C(=Cc1ccccn1)C(=O)Nc1cccs1. The van der Waals surface area contributed by atoms with Crippen LogP contribution < -0.4 is 5.32 Å². The molecule has 1 radical (unpaired) electrons. The summed E-state index contributed by atoms with van der Waals surface area (Å²) in [4.78, 5) is 26.6. The smallest absolute Gasteiger partial charge is 0.260 e. The minimum atomic E-state index is -0.488. The van der Waals surface area contributed by atoms with E-state index in [1.807, 2.05) is 11.4 Å². The number of pyridine rings is 1. The van der Waals surface area contributed by atoms with E-state index in [0.717, 1.165) is 0 Å². The minimum absolute atomic E-state index is 0.0814. The van der Waals surface area contributed by atoms with E-state index >= 15 is 0 Å². The van der Waals surface area contributed by atoms with Gasteiger partial charge < -0.3 is 5.32 Å². The normalized spacial score (nSPS) is 11.0. The maximum Gasteiger partial charge on any atom is 0.260 e. The van der Waals surface area contributed by atoms with E-state index in [1.54, 1.807) is 36.7 Å². The fraction of sp³-hybridized carbons (Fsp3) is 0. The summed E-state index contributed by atoms with van der Waals surface area (Å²) in [6.07, 6.45) is 4.61. The summed E-state index contributed by atoms with van der Waals surface area (Å²) >= 11 is 1.38. The predicted molar refractivity (Wildman–Crippen MR) is 70.9 cm³/mol. The van der Waals surface area contributed by atoms with Crippen molar-refractivity contribution in [3.05, 3.63) is 53.2 Å². The zero-order chi connectivity index (χ0) is 12.8. The number of hydrogen-bond donors (Lipinski definition) is 1. The van der Waals surface area contributed by atoms with Crippen LogP contribution in [0.15, 0.2) is 47.5 Å². The molecule has 0 aliphatic rings. The highest BCUT2D eigenvalue weighted by molar-refractivity contribution is 7.14. The van der Waals surface area contributed by atoms with E-state index < -0.39 is 5.91 Å². The van der Waals surface area contributed by atoms with Crippen LogP contribution in [0.4, 0.5) is 5.00 Å². The fourth-order valence-electron chi connectivity index (χ4n) is 1.28. The summed E-state index contributed by atoms with van der Waals surface area (Å²) in [6.45, 7) is 0. The van der Waals surface area contributed by atoms with E-state index in [0.29, 0.717) is 10.7 Å². The molecule has 89 valence electrons. The maximum atomic E-state index is 11.8. The molecule has 2 heterocycles. The Balaban J connectivity index is 2.16. The van der Waals surface area contributed by atoms with Crippen LogP contribution in [0, 0.1) is 0 Å². The third-order valence-electron chi connectivity index (χ3n) is 2.09. The average molecular weight is 257 g/mol. The molecule has 1 N–H and O–H groups in total. The van der Waals surface area contributed by atoms with E-state index in [-0.39, 0.29) is 5.57 Å². The van der Waals surface area contributed by atoms with Crippen LogP contribution in [0.2, 0.25) is 0 Å². The van der Waals surface area contributed by atoms with Crippen molar-refractivity contribution < 1.29 is 9.59 Å². The third-order valence-corrected chi connectivity index (χ3v) is 2.88. The Morgan fingerprint density at radius 1 is 1.33 bits per heavy atom. The molecule has 0 saturated heterocycles. The van der Waals surface area contributed by atoms with Crippen LogP contribution in [0.25, 0.3) is 6.08 Å². The molecule has 0 aliphatic carbocycles. The minimum Gasteiger partial charge on any atom is -0.313 e. The van der Waals surface area contributed by atoms with E-state index in [1.165, 1.54) is 17.4 Å². The van der Waals surface area contributed by atoms with Gasteiger partial charge in [0.05, 0.1) is 16.3 Å². The van der Waals surface area contributed by atoms with Gasteiger partial charge in [-0.15, -0.1) is 11.3 Å². The summed E-state index contributed by atoms with van der Waals surface area (Å²) in [5, 5.41) is 5.13. The molecule has 0 fully saturated rings. The molecular weight excluding hydrogens is 248 g/mol. The first-order valence-electron chi connectivity index (χ1n) is 5.15. The Morgan fingerprint density at radius 3 is 2.83 bits per heavy atom. The number of hydrogen-bond acceptors (Lipinski definition) is 4. The number of nitrogens with one attached hydrogen (secondary N) is 1. The second-order valence-corrected chi connectivity index (χ2v) is 4.29. The van der Waals surface area contributed by atoms with Gasteiger partial charge in [0, 0.05) is 6.20 Å². The molecule has 2 aromatic rings. The van der Waals surface area contributed by atoms with E-state index in [2.05, 4.69) is 10.3 Å². The number of aromatic nitrogens is 1. The molecule has 2 aromatic heterocycles. The van der Waals surface area contributed by atoms with Gasteiger partial charge >= 0.3 is 0 Å². The van der Waals surface area contributed by atoms with Gasteiger partial charge in [0.1, 0.15) is 0 Å². The Bertz CT molecular complexity index is 562. The number of carbonyl (C=O) groups excluding carboxylic acids is 2. The molecule has 0 saturated carbocycles. The number of amides is 1. The second kappa shape index (κ2) is 5.88. The lowest BCUT2D eigenvalue weighted by Crippen LogP contribution is -2.14. The number of carbonyl (C=O) groups is 1. The van der Waals surface area contributed by atoms with Gasteiger partial charge in [-0.05, 0) is 35.7 Å².